The maximum absolute atomic E-state index is 11.9. The van der Waals surface area contributed by atoms with E-state index in [0.29, 0.717) is 5.57 Å². The summed E-state index contributed by atoms with van der Waals surface area (Å²) in [4.78, 5) is 11.9. The fourth-order valence-electron chi connectivity index (χ4n) is 1.50. The van der Waals surface area contributed by atoms with Crippen molar-refractivity contribution in [1.29, 1.82) is 0 Å². The molecule has 98 valence electrons. The van der Waals surface area contributed by atoms with Crippen LogP contribution in [0.4, 0.5) is 0 Å². The Kier molecular flexibility index (Phi) is 4.87. The minimum atomic E-state index is -1.71. The summed E-state index contributed by atoms with van der Waals surface area (Å²) in [6.07, 6.45) is -0.537. The molecule has 0 amide bonds. The predicted molar refractivity (Wildman–Crippen MR) is 75.5 cm³/mol. The number of carbonyl (C=O) groups excluding carboxylic acids is 1. The molecule has 0 N–H and O–H groups in total. The topological polar surface area (TPSA) is 35.5 Å². The Morgan fingerprint density at radius 2 is 1.78 bits per heavy atom. The minimum Gasteiger partial charge on any atom is -0.433 e. The van der Waals surface area contributed by atoms with Crippen LogP contribution >= 0.6 is 0 Å². The molecule has 18 heavy (non-hydrogen) atoms. The monoisotopic (exact) mass is 264 g/mol. The summed E-state index contributed by atoms with van der Waals surface area (Å²) in [5.74, 6) is -0.438. The first-order valence-corrected chi connectivity index (χ1v) is 9.33. The highest BCUT2D eigenvalue weighted by molar-refractivity contribution is 6.69. The van der Waals surface area contributed by atoms with E-state index < -0.39 is 20.6 Å². The van der Waals surface area contributed by atoms with Crippen molar-refractivity contribution < 1.29 is 14.0 Å². The average molecular weight is 264 g/mol. The number of benzene rings is 1. The van der Waals surface area contributed by atoms with E-state index in [0.717, 1.165) is 5.56 Å². The maximum Gasteiger partial charge on any atom is 0.340 e. The number of rotatable bonds is 5. The number of hydrogen-bond donors (Lipinski definition) is 0. The van der Waals surface area contributed by atoms with Crippen LogP contribution in [0.25, 0.3) is 5.57 Å². The number of carbonyl (C=O) groups is 1. The van der Waals surface area contributed by atoms with Crippen LogP contribution in [0.2, 0.25) is 19.6 Å². The van der Waals surface area contributed by atoms with Crippen LogP contribution in [-0.2, 0) is 14.0 Å². The first-order valence-electron chi connectivity index (χ1n) is 5.93. The summed E-state index contributed by atoms with van der Waals surface area (Å²) in [6, 6.07) is 9.26. The van der Waals surface area contributed by atoms with Crippen molar-refractivity contribution in [3.05, 3.63) is 42.5 Å². The van der Waals surface area contributed by atoms with Crippen LogP contribution in [0.3, 0.4) is 0 Å². The zero-order valence-corrected chi connectivity index (χ0v) is 12.4. The molecule has 0 saturated carbocycles. The van der Waals surface area contributed by atoms with Gasteiger partial charge in [0.25, 0.3) is 0 Å². The van der Waals surface area contributed by atoms with E-state index in [4.69, 9.17) is 9.16 Å². The molecule has 0 aliphatic heterocycles. The molecule has 1 atom stereocenters. The third-order valence-electron chi connectivity index (χ3n) is 2.16. The summed E-state index contributed by atoms with van der Waals surface area (Å²) in [7, 11) is -1.71. The van der Waals surface area contributed by atoms with E-state index in [1.165, 1.54) is 0 Å². The van der Waals surface area contributed by atoms with E-state index in [9.17, 15) is 4.79 Å². The molecule has 4 heteroatoms. The van der Waals surface area contributed by atoms with Crippen molar-refractivity contribution in [2.45, 2.75) is 32.9 Å². The third kappa shape index (κ3) is 4.85. The first-order chi connectivity index (χ1) is 8.29. The molecule has 0 saturated heterocycles. The molecule has 0 spiro atoms. The summed E-state index contributed by atoms with van der Waals surface area (Å²) in [6.45, 7) is 11.6. The molecule has 0 aliphatic carbocycles. The normalized spacial score (nSPS) is 12.9. The third-order valence-corrected chi connectivity index (χ3v) is 3.20. The van der Waals surface area contributed by atoms with E-state index >= 15 is 0 Å². The predicted octanol–water partition coefficient (Wildman–Crippen LogP) is 3.44. The highest BCUT2D eigenvalue weighted by atomic mass is 28.4. The minimum absolute atomic E-state index is 0.349. The van der Waals surface area contributed by atoms with Crippen LogP contribution in [0.15, 0.2) is 36.9 Å². The molecule has 0 radical (unpaired) electrons. The molecule has 1 unspecified atom stereocenters. The molecule has 0 heterocycles. The Labute approximate surface area is 110 Å². The Hall–Kier alpha value is -1.39. The Balaban J connectivity index is 2.59. The molecule has 1 rings (SSSR count). The van der Waals surface area contributed by atoms with Gasteiger partial charge in [0.15, 0.2) is 14.6 Å². The molecular weight excluding hydrogens is 244 g/mol. The van der Waals surface area contributed by atoms with Crippen LogP contribution < -0.4 is 0 Å². The van der Waals surface area contributed by atoms with Crippen molar-refractivity contribution in [2.75, 3.05) is 0 Å². The van der Waals surface area contributed by atoms with Gasteiger partial charge in [-0.2, -0.15) is 0 Å². The van der Waals surface area contributed by atoms with Crippen LogP contribution in [-0.4, -0.2) is 20.6 Å². The lowest BCUT2D eigenvalue weighted by atomic mass is 10.1. The molecule has 0 aromatic heterocycles. The van der Waals surface area contributed by atoms with Gasteiger partial charge < -0.3 is 9.16 Å². The Bertz CT molecular complexity index is 420. The van der Waals surface area contributed by atoms with E-state index in [1.54, 1.807) is 6.92 Å². The van der Waals surface area contributed by atoms with Gasteiger partial charge >= 0.3 is 5.97 Å². The zero-order valence-electron chi connectivity index (χ0n) is 11.4. The standard InChI is InChI=1S/C14H20O3Si/c1-11(13-9-7-6-8-10-13)14(15)16-12(2)17-18(3,4)5/h6-10,12H,1H2,2-5H3. The largest absolute Gasteiger partial charge is 0.433 e. The summed E-state index contributed by atoms with van der Waals surface area (Å²) < 4.78 is 10.9. The highest BCUT2D eigenvalue weighted by Crippen LogP contribution is 2.16. The van der Waals surface area contributed by atoms with Crippen LogP contribution in [0.1, 0.15) is 12.5 Å². The second-order valence-corrected chi connectivity index (χ2v) is 9.51. The lowest BCUT2D eigenvalue weighted by Gasteiger charge is -2.23. The van der Waals surface area contributed by atoms with Crippen molar-refractivity contribution in [3.63, 3.8) is 0 Å². The number of ether oxygens (including phenoxy) is 1. The van der Waals surface area contributed by atoms with Crippen LogP contribution in [0.5, 0.6) is 0 Å². The van der Waals surface area contributed by atoms with E-state index in [1.807, 2.05) is 50.0 Å². The van der Waals surface area contributed by atoms with Crippen molar-refractivity contribution in [2.24, 2.45) is 0 Å². The molecule has 1 aromatic carbocycles. The van der Waals surface area contributed by atoms with Gasteiger partial charge in [0, 0.05) is 0 Å². The molecule has 3 nitrogen and oxygen atoms in total. The fraction of sp³-hybridized carbons (Fsp3) is 0.357. The van der Waals surface area contributed by atoms with Gasteiger partial charge in [-0.1, -0.05) is 36.9 Å². The molecular formula is C14H20O3Si. The quantitative estimate of drug-likeness (QED) is 0.354. The van der Waals surface area contributed by atoms with Gasteiger partial charge in [-0.05, 0) is 32.1 Å². The second kappa shape index (κ2) is 5.98. The lowest BCUT2D eigenvalue weighted by molar-refractivity contribution is -0.154. The molecule has 1 aromatic rings. The van der Waals surface area contributed by atoms with Crippen molar-refractivity contribution >= 4 is 19.9 Å². The van der Waals surface area contributed by atoms with Gasteiger partial charge in [-0.15, -0.1) is 0 Å². The smallest absolute Gasteiger partial charge is 0.340 e. The SMILES string of the molecule is C=C(C(=O)OC(C)O[Si](C)(C)C)c1ccccc1. The summed E-state index contributed by atoms with van der Waals surface area (Å²) >= 11 is 0. The summed E-state index contributed by atoms with van der Waals surface area (Å²) in [5, 5.41) is 0. The number of hydrogen-bond acceptors (Lipinski definition) is 3. The van der Waals surface area contributed by atoms with E-state index in [-0.39, 0.29) is 0 Å². The molecule has 0 fully saturated rings. The lowest BCUT2D eigenvalue weighted by Crippen LogP contribution is -2.33. The fourth-order valence-corrected chi connectivity index (χ4v) is 2.54. The van der Waals surface area contributed by atoms with Gasteiger partial charge in [0.05, 0.1) is 5.57 Å². The van der Waals surface area contributed by atoms with Gasteiger partial charge in [0.1, 0.15) is 0 Å². The molecule has 0 aliphatic rings. The van der Waals surface area contributed by atoms with Crippen molar-refractivity contribution in [1.82, 2.24) is 0 Å². The summed E-state index contributed by atoms with van der Waals surface area (Å²) in [5.41, 5.74) is 1.12. The molecule has 0 bridgehead atoms. The second-order valence-electron chi connectivity index (χ2n) is 5.05. The van der Waals surface area contributed by atoms with Gasteiger partial charge in [-0.3, -0.25) is 0 Å². The highest BCUT2D eigenvalue weighted by Gasteiger charge is 2.21. The first kappa shape index (κ1) is 14.7. The van der Waals surface area contributed by atoms with Gasteiger partial charge in [0.2, 0.25) is 0 Å². The maximum atomic E-state index is 11.9. The average Bonchev–Trinajstić information content (AvgIpc) is 2.26. The zero-order chi connectivity index (χ0) is 13.8. The van der Waals surface area contributed by atoms with Gasteiger partial charge in [-0.25, -0.2) is 4.79 Å². The van der Waals surface area contributed by atoms with Crippen molar-refractivity contribution in [3.8, 4) is 0 Å². The van der Waals surface area contributed by atoms with Crippen LogP contribution in [0, 0.1) is 0 Å². The van der Waals surface area contributed by atoms with E-state index in [2.05, 4.69) is 6.58 Å². The number of esters is 1. The Morgan fingerprint density at radius 3 is 2.28 bits per heavy atom. The Morgan fingerprint density at radius 1 is 1.22 bits per heavy atom.